The summed E-state index contributed by atoms with van der Waals surface area (Å²) in [6.07, 6.45) is 1.31. The summed E-state index contributed by atoms with van der Waals surface area (Å²) in [4.78, 5) is 11.8. The monoisotopic (exact) mass is 279 g/mol. The summed E-state index contributed by atoms with van der Waals surface area (Å²) in [5.41, 5.74) is -0.581. The molecule has 0 bridgehead atoms. The van der Waals surface area contributed by atoms with E-state index < -0.39 is 5.60 Å². The molecule has 0 saturated heterocycles. The molecular weight excluding hydrogens is 257 g/mol. The van der Waals surface area contributed by atoms with Crippen molar-refractivity contribution in [3.8, 4) is 0 Å². The molecule has 20 heavy (non-hydrogen) atoms. The summed E-state index contributed by atoms with van der Waals surface area (Å²) in [7, 11) is 0. The topological polar surface area (TPSA) is 49.3 Å². The fourth-order valence-corrected chi connectivity index (χ4v) is 1.78. The van der Waals surface area contributed by atoms with Gasteiger partial charge >= 0.3 is 0 Å². The predicted octanol–water partition coefficient (Wildman–Crippen LogP) is 2.55. The maximum absolute atomic E-state index is 12.9. The number of hydrogen-bond donors (Lipinski definition) is 2. The van der Waals surface area contributed by atoms with Crippen molar-refractivity contribution in [1.29, 1.82) is 0 Å². The Morgan fingerprint density at radius 1 is 1.35 bits per heavy atom. The highest BCUT2D eigenvalue weighted by atomic mass is 19.1. The minimum Gasteiger partial charge on any atom is -0.386 e. The van der Waals surface area contributed by atoms with E-state index in [1.165, 1.54) is 25.1 Å². The highest BCUT2D eigenvalue weighted by molar-refractivity contribution is 5.77. The SMILES string of the molecule is C=C[C@](C)(O)CC(=O)NCC(C)(C)c1ccc(F)cc1. The van der Waals surface area contributed by atoms with Crippen LogP contribution in [0.3, 0.4) is 0 Å². The minimum absolute atomic E-state index is 0.0317. The Labute approximate surface area is 119 Å². The first-order valence-corrected chi connectivity index (χ1v) is 6.55. The van der Waals surface area contributed by atoms with Gasteiger partial charge in [-0.1, -0.05) is 32.1 Å². The average Bonchev–Trinajstić information content (AvgIpc) is 2.37. The van der Waals surface area contributed by atoms with E-state index in [0.29, 0.717) is 6.54 Å². The van der Waals surface area contributed by atoms with Crippen LogP contribution in [0.2, 0.25) is 0 Å². The summed E-state index contributed by atoms with van der Waals surface area (Å²) < 4.78 is 12.9. The molecule has 1 aromatic carbocycles. The van der Waals surface area contributed by atoms with Gasteiger partial charge < -0.3 is 10.4 Å². The molecule has 110 valence electrons. The van der Waals surface area contributed by atoms with Gasteiger partial charge in [-0.15, -0.1) is 6.58 Å². The second kappa shape index (κ2) is 6.18. The van der Waals surface area contributed by atoms with Crippen molar-refractivity contribution in [1.82, 2.24) is 5.32 Å². The maximum atomic E-state index is 12.9. The van der Waals surface area contributed by atoms with Crippen molar-refractivity contribution in [3.63, 3.8) is 0 Å². The average molecular weight is 279 g/mol. The van der Waals surface area contributed by atoms with Gasteiger partial charge in [0.25, 0.3) is 0 Å². The van der Waals surface area contributed by atoms with E-state index in [0.717, 1.165) is 5.56 Å². The smallest absolute Gasteiger partial charge is 0.223 e. The number of carbonyl (C=O) groups excluding carboxylic acids is 1. The molecule has 0 spiro atoms. The van der Waals surface area contributed by atoms with Crippen LogP contribution >= 0.6 is 0 Å². The molecule has 0 unspecified atom stereocenters. The molecular formula is C16H22FNO2. The zero-order valence-corrected chi connectivity index (χ0v) is 12.2. The van der Waals surface area contributed by atoms with Crippen LogP contribution < -0.4 is 5.32 Å². The van der Waals surface area contributed by atoms with E-state index in [2.05, 4.69) is 11.9 Å². The van der Waals surface area contributed by atoms with E-state index in [1.54, 1.807) is 12.1 Å². The first-order chi connectivity index (χ1) is 9.16. The molecule has 1 rings (SSSR count). The molecule has 0 heterocycles. The molecule has 0 radical (unpaired) electrons. The number of amides is 1. The first kappa shape index (κ1) is 16.4. The van der Waals surface area contributed by atoms with Gasteiger partial charge in [0.05, 0.1) is 12.0 Å². The normalized spacial score (nSPS) is 14.4. The molecule has 4 heteroatoms. The van der Waals surface area contributed by atoms with Crippen molar-refractivity contribution in [2.75, 3.05) is 6.54 Å². The van der Waals surface area contributed by atoms with Gasteiger partial charge in [-0.2, -0.15) is 0 Å². The maximum Gasteiger partial charge on any atom is 0.223 e. The van der Waals surface area contributed by atoms with Crippen LogP contribution in [0.1, 0.15) is 32.8 Å². The number of halogens is 1. The quantitative estimate of drug-likeness (QED) is 0.786. The number of rotatable bonds is 6. The van der Waals surface area contributed by atoms with E-state index in [4.69, 9.17) is 0 Å². The Balaban J connectivity index is 2.61. The van der Waals surface area contributed by atoms with Gasteiger partial charge in [-0.25, -0.2) is 4.39 Å². The van der Waals surface area contributed by atoms with Crippen LogP contribution in [0.5, 0.6) is 0 Å². The summed E-state index contributed by atoms with van der Waals surface area (Å²) in [5.74, 6) is -0.527. The zero-order valence-electron chi connectivity index (χ0n) is 12.2. The van der Waals surface area contributed by atoms with E-state index in [9.17, 15) is 14.3 Å². The van der Waals surface area contributed by atoms with Crippen molar-refractivity contribution >= 4 is 5.91 Å². The van der Waals surface area contributed by atoms with E-state index in [1.807, 2.05) is 13.8 Å². The van der Waals surface area contributed by atoms with Crippen molar-refractivity contribution in [3.05, 3.63) is 48.3 Å². The first-order valence-electron chi connectivity index (χ1n) is 6.55. The number of aliphatic hydroxyl groups is 1. The van der Waals surface area contributed by atoms with Gasteiger partial charge in [0.1, 0.15) is 5.82 Å². The molecule has 0 fully saturated rings. The molecule has 0 saturated carbocycles. The van der Waals surface area contributed by atoms with Gasteiger partial charge in [-0.05, 0) is 24.6 Å². The lowest BCUT2D eigenvalue weighted by atomic mass is 9.84. The summed E-state index contributed by atoms with van der Waals surface area (Å²) in [6.45, 7) is 9.35. The second-order valence-corrected chi connectivity index (χ2v) is 5.91. The lowest BCUT2D eigenvalue weighted by molar-refractivity contribution is -0.124. The molecule has 2 N–H and O–H groups in total. The fraction of sp³-hybridized carbons (Fsp3) is 0.438. The largest absolute Gasteiger partial charge is 0.386 e. The van der Waals surface area contributed by atoms with Crippen molar-refractivity contribution in [2.24, 2.45) is 0 Å². The molecule has 1 aromatic rings. The number of carbonyl (C=O) groups is 1. The van der Waals surface area contributed by atoms with Gasteiger partial charge in [-0.3, -0.25) is 4.79 Å². The Kier molecular flexibility index (Phi) is 5.06. The third-order valence-corrected chi connectivity index (χ3v) is 3.31. The van der Waals surface area contributed by atoms with Gasteiger partial charge in [0, 0.05) is 12.0 Å². The van der Waals surface area contributed by atoms with Crippen LogP contribution in [0, 0.1) is 5.82 Å². The van der Waals surface area contributed by atoms with Crippen LogP contribution in [0.25, 0.3) is 0 Å². The highest BCUT2D eigenvalue weighted by Gasteiger charge is 2.24. The third-order valence-electron chi connectivity index (χ3n) is 3.31. The van der Waals surface area contributed by atoms with Crippen LogP contribution in [0.15, 0.2) is 36.9 Å². The van der Waals surface area contributed by atoms with Crippen LogP contribution in [0.4, 0.5) is 4.39 Å². The summed E-state index contributed by atoms with van der Waals surface area (Å²) >= 11 is 0. The molecule has 0 aliphatic heterocycles. The van der Waals surface area contributed by atoms with Gasteiger partial charge in [0.15, 0.2) is 0 Å². The number of benzene rings is 1. The number of nitrogens with one attached hydrogen (secondary N) is 1. The summed E-state index contributed by atoms with van der Waals surface area (Å²) in [6, 6.07) is 6.23. The Hall–Kier alpha value is -1.68. The lowest BCUT2D eigenvalue weighted by Crippen LogP contribution is -2.39. The Morgan fingerprint density at radius 2 is 1.90 bits per heavy atom. The molecule has 1 amide bonds. The fourth-order valence-electron chi connectivity index (χ4n) is 1.78. The van der Waals surface area contributed by atoms with Crippen LogP contribution in [-0.4, -0.2) is 23.2 Å². The Morgan fingerprint density at radius 3 is 2.40 bits per heavy atom. The van der Waals surface area contributed by atoms with Crippen molar-refractivity contribution in [2.45, 2.75) is 38.2 Å². The van der Waals surface area contributed by atoms with Crippen LogP contribution in [-0.2, 0) is 10.2 Å². The molecule has 3 nitrogen and oxygen atoms in total. The highest BCUT2D eigenvalue weighted by Crippen LogP contribution is 2.22. The van der Waals surface area contributed by atoms with E-state index >= 15 is 0 Å². The minimum atomic E-state index is -1.20. The van der Waals surface area contributed by atoms with E-state index in [-0.39, 0.29) is 23.6 Å². The molecule has 0 aromatic heterocycles. The Bertz CT molecular complexity index is 478. The standard InChI is InChI=1S/C16H22FNO2/c1-5-16(4,20)10-14(19)18-11-15(2,3)12-6-8-13(17)9-7-12/h5-9,20H,1,10-11H2,2-4H3,(H,18,19)/t16-/m0/s1. The zero-order chi connectivity index (χ0) is 15.4. The predicted molar refractivity (Wildman–Crippen MR) is 77.9 cm³/mol. The molecule has 0 aliphatic rings. The third kappa shape index (κ3) is 4.78. The van der Waals surface area contributed by atoms with Gasteiger partial charge in [0.2, 0.25) is 5.91 Å². The second-order valence-electron chi connectivity index (χ2n) is 5.91. The number of hydrogen-bond acceptors (Lipinski definition) is 2. The summed E-state index contributed by atoms with van der Waals surface area (Å²) in [5, 5.41) is 12.5. The molecule has 1 atom stereocenters. The lowest BCUT2D eigenvalue weighted by Gasteiger charge is -2.26. The van der Waals surface area contributed by atoms with Crippen molar-refractivity contribution < 1.29 is 14.3 Å². The molecule has 0 aliphatic carbocycles.